The Morgan fingerprint density at radius 1 is 1.05 bits per heavy atom. The van der Waals surface area contributed by atoms with Crippen LogP contribution >= 0.6 is 47.8 Å². The molecule has 2 rings (SSSR count). The molecule has 0 radical (unpaired) electrons. The molecular weight excluding hydrogens is 452 g/mol. The van der Waals surface area contributed by atoms with Crippen LogP contribution in [0.2, 0.25) is 0 Å². The average Bonchev–Trinajstić information content (AvgIpc) is 2.46. The molecule has 20 heavy (non-hydrogen) atoms. The molecule has 0 aliphatic heterocycles. The van der Waals surface area contributed by atoms with Gasteiger partial charge < -0.3 is 9.47 Å². The molecule has 0 spiro atoms. The first-order valence-corrected chi connectivity index (χ1v) is 8.65. The first-order valence-electron chi connectivity index (χ1n) is 5.94. The maximum Gasteiger partial charge on any atom is 0.175 e. The fourth-order valence-electron chi connectivity index (χ4n) is 1.76. The van der Waals surface area contributed by atoms with Crippen LogP contribution in [0.1, 0.15) is 11.1 Å². The second kappa shape index (κ2) is 7.48. The smallest absolute Gasteiger partial charge is 0.175 e. The number of hydrogen-bond acceptors (Lipinski definition) is 2. The molecule has 5 heteroatoms. The lowest BCUT2D eigenvalue weighted by Crippen LogP contribution is -2.00. The molecule has 0 heterocycles. The zero-order valence-corrected chi connectivity index (χ0v) is 15.6. The van der Waals surface area contributed by atoms with Gasteiger partial charge in [0.1, 0.15) is 6.61 Å². The Labute approximate surface area is 143 Å². The average molecular weight is 465 g/mol. The van der Waals surface area contributed by atoms with Gasteiger partial charge in [-0.3, -0.25) is 0 Å². The van der Waals surface area contributed by atoms with Crippen LogP contribution in [0.15, 0.2) is 45.3 Å². The molecule has 0 N–H and O–H groups in total. The number of hydrogen-bond donors (Lipinski definition) is 0. The molecule has 0 bridgehead atoms. The van der Waals surface area contributed by atoms with Gasteiger partial charge in [0.2, 0.25) is 0 Å². The van der Waals surface area contributed by atoms with E-state index in [2.05, 4.69) is 47.8 Å². The lowest BCUT2D eigenvalue weighted by molar-refractivity contribution is 0.282. The summed E-state index contributed by atoms with van der Waals surface area (Å²) in [7, 11) is 1.64. The Morgan fingerprint density at radius 2 is 1.80 bits per heavy atom. The van der Waals surface area contributed by atoms with Gasteiger partial charge in [-0.1, -0.05) is 50.1 Å². The van der Waals surface area contributed by atoms with Gasteiger partial charge in [-0.25, -0.2) is 0 Å². The van der Waals surface area contributed by atoms with E-state index in [-0.39, 0.29) is 0 Å². The van der Waals surface area contributed by atoms with Gasteiger partial charge in [0, 0.05) is 15.4 Å². The minimum Gasteiger partial charge on any atom is -0.493 e. The molecule has 0 saturated carbocycles. The fourth-order valence-corrected chi connectivity index (χ4v) is 3.08. The maximum absolute atomic E-state index is 5.91. The maximum atomic E-state index is 5.91. The van der Waals surface area contributed by atoms with Gasteiger partial charge in [0.25, 0.3) is 0 Å². The highest BCUT2D eigenvalue weighted by atomic mass is 79.9. The van der Waals surface area contributed by atoms with E-state index in [1.165, 1.54) is 0 Å². The van der Waals surface area contributed by atoms with E-state index in [9.17, 15) is 0 Å². The van der Waals surface area contributed by atoms with Crippen molar-refractivity contribution in [3.8, 4) is 11.5 Å². The van der Waals surface area contributed by atoms with E-state index in [0.29, 0.717) is 12.4 Å². The van der Waals surface area contributed by atoms with Crippen LogP contribution in [0, 0.1) is 0 Å². The first-order chi connectivity index (χ1) is 9.65. The molecule has 0 atom stereocenters. The molecular formula is C15H13Br3O2. The minimum atomic E-state index is 0.476. The molecule has 2 aromatic carbocycles. The Balaban J connectivity index is 2.23. The van der Waals surface area contributed by atoms with Crippen LogP contribution < -0.4 is 9.47 Å². The molecule has 106 valence electrons. The normalized spacial score (nSPS) is 10.4. The fraction of sp³-hybridized carbons (Fsp3) is 0.200. The molecule has 0 fully saturated rings. The predicted molar refractivity (Wildman–Crippen MR) is 91.8 cm³/mol. The van der Waals surface area contributed by atoms with Crippen molar-refractivity contribution >= 4 is 47.8 Å². The van der Waals surface area contributed by atoms with Gasteiger partial charge in [-0.05, 0) is 39.7 Å². The zero-order chi connectivity index (χ0) is 14.5. The van der Waals surface area contributed by atoms with E-state index in [1.54, 1.807) is 7.11 Å². The van der Waals surface area contributed by atoms with E-state index in [4.69, 9.17) is 9.47 Å². The standard InChI is InChI=1S/C15H13Br3O2/c1-19-14-7-10(8-16)6-13(18)15(14)20-9-11-4-2-3-5-12(11)17/h2-7H,8-9H2,1H3. The molecule has 0 saturated heterocycles. The number of methoxy groups -OCH3 is 1. The molecule has 0 aromatic heterocycles. The number of alkyl halides is 1. The Morgan fingerprint density at radius 3 is 2.45 bits per heavy atom. The number of halogens is 3. The van der Waals surface area contributed by atoms with Crippen LogP contribution in [0.5, 0.6) is 11.5 Å². The van der Waals surface area contributed by atoms with Crippen LogP contribution in [0.25, 0.3) is 0 Å². The SMILES string of the molecule is COc1cc(CBr)cc(Br)c1OCc1ccccc1Br. The lowest BCUT2D eigenvalue weighted by Gasteiger charge is -2.14. The summed E-state index contributed by atoms with van der Waals surface area (Å²) >= 11 is 10.5. The molecule has 2 aromatic rings. The minimum absolute atomic E-state index is 0.476. The highest BCUT2D eigenvalue weighted by molar-refractivity contribution is 9.11. The second-order valence-corrected chi connectivity index (χ2v) is 6.39. The van der Waals surface area contributed by atoms with E-state index >= 15 is 0 Å². The van der Waals surface area contributed by atoms with E-state index in [0.717, 1.165) is 31.2 Å². The third-order valence-electron chi connectivity index (χ3n) is 2.77. The van der Waals surface area contributed by atoms with Crippen LogP contribution in [-0.2, 0) is 11.9 Å². The lowest BCUT2D eigenvalue weighted by atomic mass is 10.2. The van der Waals surface area contributed by atoms with Crippen LogP contribution in [0.3, 0.4) is 0 Å². The third kappa shape index (κ3) is 3.77. The van der Waals surface area contributed by atoms with Crippen LogP contribution in [-0.4, -0.2) is 7.11 Å². The quantitative estimate of drug-likeness (QED) is 0.529. The Bertz CT molecular complexity index is 600. The Kier molecular flexibility index (Phi) is 5.93. The van der Waals surface area contributed by atoms with Crippen molar-refractivity contribution in [2.24, 2.45) is 0 Å². The summed E-state index contributed by atoms with van der Waals surface area (Å²) in [6, 6.07) is 12.0. The summed E-state index contributed by atoms with van der Waals surface area (Å²) in [4.78, 5) is 0. The van der Waals surface area contributed by atoms with Crippen molar-refractivity contribution in [1.29, 1.82) is 0 Å². The van der Waals surface area contributed by atoms with Gasteiger partial charge in [-0.2, -0.15) is 0 Å². The highest BCUT2D eigenvalue weighted by Crippen LogP contribution is 2.38. The second-order valence-electron chi connectivity index (χ2n) is 4.12. The van der Waals surface area contributed by atoms with Gasteiger partial charge in [0.15, 0.2) is 11.5 Å². The summed E-state index contributed by atoms with van der Waals surface area (Å²) in [5.74, 6) is 1.44. The molecule has 2 nitrogen and oxygen atoms in total. The molecule has 0 unspecified atom stereocenters. The first kappa shape index (κ1) is 15.9. The van der Waals surface area contributed by atoms with Crippen molar-refractivity contribution in [2.75, 3.05) is 7.11 Å². The molecule has 0 aliphatic carbocycles. The van der Waals surface area contributed by atoms with Gasteiger partial charge >= 0.3 is 0 Å². The summed E-state index contributed by atoms with van der Waals surface area (Å²) in [6.07, 6.45) is 0. The summed E-state index contributed by atoms with van der Waals surface area (Å²) in [5.41, 5.74) is 2.22. The summed E-state index contributed by atoms with van der Waals surface area (Å²) in [6.45, 7) is 0.476. The van der Waals surface area contributed by atoms with Crippen molar-refractivity contribution in [3.05, 3.63) is 56.5 Å². The predicted octanol–water partition coefficient (Wildman–Crippen LogP) is 5.69. The summed E-state index contributed by atoms with van der Waals surface area (Å²) in [5, 5.41) is 0.770. The van der Waals surface area contributed by atoms with Crippen molar-refractivity contribution in [2.45, 2.75) is 11.9 Å². The zero-order valence-electron chi connectivity index (χ0n) is 10.8. The van der Waals surface area contributed by atoms with Crippen molar-refractivity contribution < 1.29 is 9.47 Å². The number of benzene rings is 2. The largest absolute Gasteiger partial charge is 0.493 e. The van der Waals surface area contributed by atoms with Gasteiger partial charge in [-0.15, -0.1) is 0 Å². The Hall–Kier alpha value is -0.520. The van der Waals surface area contributed by atoms with Crippen LogP contribution in [0.4, 0.5) is 0 Å². The van der Waals surface area contributed by atoms with Crippen molar-refractivity contribution in [1.82, 2.24) is 0 Å². The third-order valence-corrected chi connectivity index (χ3v) is 4.78. The highest BCUT2D eigenvalue weighted by Gasteiger charge is 2.12. The van der Waals surface area contributed by atoms with Gasteiger partial charge in [0.05, 0.1) is 11.6 Å². The topological polar surface area (TPSA) is 18.5 Å². The van der Waals surface area contributed by atoms with E-state index in [1.807, 2.05) is 36.4 Å². The number of rotatable bonds is 5. The number of ether oxygens (including phenoxy) is 2. The monoisotopic (exact) mass is 462 g/mol. The van der Waals surface area contributed by atoms with Crippen molar-refractivity contribution in [3.63, 3.8) is 0 Å². The molecule has 0 aliphatic rings. The van der Waals surface area contributed by atoms with E-state index < -0.39 is 0 Å². The summed E-state index contributed by atoms with van der Waals surface area (Å²) < 4.78 is 13.2. The molecule has 0 amide bonds.